The van der Waals surface area contributed by atoms with Gasteiger partial charge in [0.05, 0.1) is 25.5 Å². The molecule has 1 N–H and O–H groups in total. The maximum atomic E-state index is 11.9. The Labute approximate surface area is 145 Å². The van der Waals surface area contributed by atoms with Gasteiger partial charge in [0.1, 0.15) is 0 Å². The highest BCUT2D eigenvalue weighted by Crippen LogP contribution is 2.12. The Morgan fingerprint density at radius 3 is 3.00 bits per heavy atom. The first kappa shape index (κ1) is 16.6. The Morgan fingerprint density at radius 1 is 1.42 bits per heavy atom. The second-order valence-electron chi connectivity index (χ2n) is 5.47. The number of aryl methyl sites for hydroxylation is 1. The average Bonchev–Trinajstić information content (AvgIpc) is 3.12. The summed E-state index contributed by atoms with van der Waals surface area (Å²) in [5.74, 6) is 0.573. The zero-order valence-electron chi connectivity index (χ0n) is 13.6. The lowest BCUT2D eigenvalue weighted by atomic mass is 10.3. The van der Waals surface area contributed by atoms with E-state index in [4.69, 9.17) is 4.74 Å². The average molecular weight is 344 g/mol. The minimum Gasteiger partial charge on any atom is -0.378 e. The second-order valence-corrected chi connectivity index (χ2v) is 6.45. The molecule has 1 aliphatic heterocycles. The molecule has 24 heavy (non-hydrogen) atoms. The summed E-state index contributed by atoms with van der Waals surface area (Å²) in [6.07, 6.45) is 3.35. The number of carbonyl (C=O) groups excluding carboxylic acids is 1. The quantitative estimate of drug-likeness (QED) is 0.841. The number of carbonyl (C=O) groups is 1. The summed E-state index contributed by atoms with van der Waals surface area (Å²) in [6, 6.07) is 5.82. The first-order valence-corrected chi connectivity index (χ1v) is 8.75. The van der Waals surface area contributed by atoms with Crippen LogP contribution in [0.2, 0.25) is 0 Å². The van der Waals surface area contributed by atoms with Crippen LogP contribution >= 0.6 is 11.3 Å². The number of nitrogens with zero attached hydrogens (tertiary/aromatic N) is 3. The van der Waals surface area contributed by atoms with Gasteiger partial charge in [-0.1, -0.05) is 6.07 Å². The highest BCUT2D eigenvalue weighted by atomic mass is 32.1. The predicted molar refractivity (Wildman–Crippen MR) is 95.0 cm³/mol. The largest absolute Gasteiger partial charge is 0.378 e. The molecule has 1 aliphatic rings. The lowest BCUT2D eigenvalue weighted by Crippen LogP contribution is -2.37. The van der Waals surface area contributed by atoms with Crippen LogP contribution in [-0.2, 0) is 16.1 Å². The lowest BCUT2D eigenvalue weighted by Gasteiger charge is -2.27. The van der Waals surface area contributed by atoms with E-state index in [0.29, 0.717) is 25.7 Å². The third kappa shape index (κ3) is 4.62. The van der Waals surface area contributed by atoms with E-state index in [2.05, 4.69) is 20.2 Å². The number of hydrogen-bond acceptors (Lipinski definition) is 6. The first-order chi connectivity index (χ1) is 11.7. The van der Waals surface area contributed by atoms with E-state index in [0.717, 1.165) is 29.4 Å². The van der Waals surface area contributed by atoms with Gasteiger partial charge < -0.3 is 15.0 Å². The van der Waals surface area contributed by atoms with Crippen molar-refractivity contribution in [2.24, 2.45) is 0 Å². The molecule has 0 spiro atoms. The van der Waals surface area contributed by atoms with Crippen molar-refractivity contribution in [1.82, 2.24) is 15.3 Å². The van der Waals surface area contributed by atoms with Crippen molar-refractivity contribution in [2.75, 3.05) is 31.2 Å². The van der Waals surface area contributed by atoms with Crippen LogP contribution in [0, 0.1) is 6.92 Å². The Bertz CT molecular complexity index is 709. The molecular formula is C17H20N4O2S. The van der Waals surface area contributed by atoms with Gasteiger partial charge in [-0.15, -0.1) is 11.3 Å². The molecule has 0 unspecified atom stereocenters. The Balaban J connectivity index is 1.60. The van der Waals surface area contributed by atoms with Crippen LogP contribution < -0.4 is 10.2 Å². The number of morpholine rings is 1. The van der Waals surface area contributed by atoms with E-state index < -0.39 is 0 Å². The van der Waals surface area contributed by atoms with Gasteiger partial charge in [0.2, 0.25) is 11.9 Å². The number of thiophene rings is 1. The summed E-state index contributed by atoms with van der Waals surface area (Å²) in [7, 11) is 0. The maximum Gasteiger partial charge on any atom is 0.244 e. The molecule has 3 rings (SSSR count). The fourth-order valence-corrected chi connectivity index (χ4v) is 3.01. The van der Waals surface area contributed by atoms with Crippen molar-refractivity contribution in [3.05, 3.63) is 45.9 Å². The fraction of sp³-hybridized carbons (Fsp3) is 0.353. The maximum absolute atomic E-state index is 11.9. The summed E-state index contributed by atoms with van der Waals surface area (Å²) < 4.78 is 5.36. The lowest BCUT2D eigenvalue weighted by molar-refractivity contribution is -0.116. The first-order valence-electron chi connectivity index (χ1n) is 7.87. The van der Waals surface area contributed by atoms with Crippen molar-refractivity contribution >= 4 is 29.3 Å². The van der Waals surface area contributed by atoms with Crippen LogP contribution in [0.1, 0.15) is 16.3 Å². The summed E-state index contributed by atoms with van der Waals surface area (Å²) in [5.41, 5.74) is 1.70. The monoisotopic (exact) mass is 344 g/mol. The van der Waals surface area contributed by atoms with Crippen LogP contribution in [-0.4, -0.2) is 42.2 Å². The van der Waals surface area contributed by atoms with Gasteiger partial charge in [-0.05, 0) is 30.5 Å². The van der Waals surface area contributed by atoms with Crippen LogP contribution in [0.4, 0.5) is 5.95 Å². The number of nitrogens with one attached hydrogen (secondary N) is 1. The summed E-state index contributed by atoms with van der Waals surface area (Å²) in [4.78, 5) is 24.1. The van der Waals surface area contributed by atoms with E-state index in [1.54, 1.807) is 17.4 Å². The fourth-order valence-electron chi connectivity index (χ4n) is 2.39. The molecule has 7 heteroatoms. The van der Waals surface area contributed by atoms with Gasteiger partial charge in [-0.3, -0.25) is 4.79 Å². The van der Waals surface area contributed by atoms with E-state index in [-0.39, 0.29) is 5.91 Å². The smallest absolute Gasteiger partial charge is 0.244 e. The standard InChI is InChI=1S/C17H20N4O2S/c1-13-11-14(20-17(19-13)21-6-8-23-9-7-21)12-18-16(22)5-4-15-3-2-10-24-15/h2-5,10-11H,6-9,12H2,1H3,(H,18,22)/b5-4+. The molecule has 0 bridgehead atoms. The normalized spacial score (nSPS) is 15.0. The van der Waals surface area contributed by atoms with Crippen LogP contribution in [0.5, 0.6) is 0 Å². The molecule has 6 nitrogen and oxygen atoms in total. The molecular weight excluding hydrogens is 324 g/mol. The molecule has 1 fully saturated rings. The molecule has 1 saturated heterocycles. The topological polar surface area (TPSA) is 67.4 Å². The van der Waals surface area contributed by atoms with Crippen molar-refractivity contribution in [3.63, 3.8) is 0 Å². The van der Waals surface area contributed by atoms with Gasteiger partial charge >= 0.3 is 0 Å². The summed E-state index contributed by atoms with van der Waals surface area (Å²) >= 11 is 1.60. The zero-order chi connectivity index (χ0) is 16.8. The molecule has 2 aromatic heterocycles. The zero-order valence-corrected chi connectivity index (χ0v) is 14.4. The highest BCUT2D eigenvalue weighted by molar-refractivity contribution is 7.10. The predicted octanol–water partition coefficient (Wildman–Crippen LogP) is 2.01. The van der Waals surface area contributed by atoms with Crippen LogP contribution in [0.3, 0.4) is 0 Å². The van der Waals surface area contributed by atoms with Crippen LogP contribution in [0.15, 0.2) is 29.7 Å². The molecule has 2 aromatic rings. The Kier molecular flexibility index (Phi) is 5.55. The number of amides is 1. The summed E-state index contributed by atoms with van der Waals surface area (Å²) in [6.45, 7) is 5.29. The molecule has 0 radical (unpaired) electrons. The Hall–Kier alpha value is -2.25. The van der Waals surface area contributed by atoms with Crippen molar-refractivity contribution in [1.29, 1.82) is 0 Å². The minimum absolute atomic E-state index is 0.132. The number of rotatable bonds is 5. The van der Waals surface area contributed by atoms with Crippen LogP contribution in [0.25, 0.3) is 6.08 Å². The Morgan fingerprint density at radius 2 is 2.25 bits per heavy atom. The molecule has 0 saturated carbocycles. The summed E-state index contributed by atoms with van der Waals surface area (Å²) in [5, 5.41) is 4.84. The van der Waals surface area contributed by atoms with Gasteiger partial charge in [0.25, 0.3) is 0 Å². The minimum atomic E-state index is -0.132. The number of aromatic nitrogens is 2. The van der Waals surface area contributed by atoms with Gasteiger partial charge in [-0.2, -0.15) is 0 Å². The van der Waals surface area contributed by atoms with Gasteiger partial charge in [0, 0.05) is 29.7 Å². The second kappa shape index (κ2) is 8.03. The number of anilines is 1. The van der Waals surface area contributed by atoms with E-state index in [9.17, 15) is 4.79 Å². The van der Waals surface area contributed by atoms with Gasteiger partial charge in [0.15, 0.2) is 0 Å². The number of ether oxygens (including phenoxy) is 1. The SMILES string of the molecule is Cc1cc(CNC(=O)/C=C/c2cccs2)nc(N2CCOCC2)n1. The molecule has 0 atom stereocenters. The van der Waals surface area contributed by atoms with E-state index in [1.807, 2.05) is 36.6 Å². The van der Waals surface area contributed by atoms with Crippen molar-refractivity contribution in [3.8, 4) is 0 Å². The van der Waals surface area contributed by atoms with Gasteiger partial charge in [-0.25, -0.2) is 9.97 Å². The van der Waals surface area contributed by atoms with E-state index in [1.165, 1.54) is 0 Å². The van der Waals surface area contributed by atoms with Crippen molar-refractivity contribution in [2.45, 2.75) is 13.5 Å². The third-order valence-electron chi connectivity index (χ3n) is 3.58. The molecule has 126 valence electrons. The molecule has 0 aromatic carbocycles. The number of hydrogen-bond donors (Lipinski definition) is 1. The third-order valence-corrected chi connectivity index (χ3v) is 4.41. The van der Waals surface area contributed by atoms with Crippen molar-refractivity contribution < 1.29 is 9.53 Å². The molecule has 1 amide bonds. The molecule has 0 aliphatic carbocycles. The molecule has 3 heterocycles. The highest BCUT2D eigenvalue weighted by Gasteiger charge is 2.15. The van der Waals surface area contributed by atoms with E-state index >= 15 is 0 Å².